The Morgan fingerprint density at radius 1 is 1.16 bits per heavy atom. The molecule has 1 aromatic carbocycles. The summed E-state index contributed by atoms with van der Waals surface area (Å²) in [4.78, 5) is 30.5. The maximum absolute atomic E-state index is 13.2. The molecule has 32 heavy (non-hydrogen) atoms. The monoisotopic (exact) mass is 429 g/mol. The van der Waals surface area contributed by atoms with Crippen molar-refractivity contribution in [2.24, 2.45) is 0 Å². The van der Waals surface area contributed by atoms with Crippen molar-refractivity contribution in [1.29, 1.82) is 5.26 Å². The van der Waals surface area contributed by atoms with Crippen LogP contribution in [0.2, 0.25) is 0 Å². The second-order valence-electron chi connectivity index (χ2n) is 8.41. The quantitative estimate of drug-likeness (QED) is 0.504. The minimum absolute atomic E-state index is 0.0662. The van der Waals surface area contributed by atoms with Gasteiger partial charge in [0.15, 0.2) is 0 Å². The van der Waals surface area contributed by atoms with Gasteiger partial charge in [-0.2, -0.15) is 9.94 Å². The zero-order valence-corrected chi connectivity index (χ0v) is 18.7. The molecule has 2 aromatic heterocycles. The number of amides is 1. The van der Waals surface area contributed by atoms with Gasteiger partial charge in [-0.05, 0) is 63.5 Å². The van der Waals surface area contributed by atoms with Crippen LogP contribution in [0.3, 0.4) is 0 Å². The maximum Gasteiger partial charge on any atom is 0.280 e. The normalized spacial score (nSPS) is 15.0. The lowest BCUT2D eigenvalue weighted by atomic mass is 9.95. The van der Waals surface area contributed by atoms with Gasteiger partial charge in [-0.15, -0.1) is 0 Å². The van der Waals surface area contributed by atoms with Gasteiger partial charge < -0.3 is 5.32 Å². The smallest absolute Gasteiger partial charge is 0.280 e. The first kappa shape index (κ1) is 21.6. The average Bonchev–Trinajstić information content (AvgIpc) is 3.06. The number of carbonyl (C=O) groups excluding carboxylic acids is 1. The fourth-order valence-corrected chi connectivity index (χ4v) is 4.52. The first-order chi connectivity index (χ1) is 15.4. The van der Waals surface area contributed by atoms with Crippen LogP contribution >= 0.6 is 0 Å². The number of nitrogens with one attached hydrogen (secondary N) is 1. The number of hydrogen-bond acceptors (Lipinski definition) is 4. The van der Waals surface area contributed by atoms with Crippen LogP contribution in [-0.2, 0) is 4.79 Å². The standard InChI is InChI=1S/C25H27N5O2/c1-16-13-19(14-20(15-26)24(31)28-21-9-5-4-6-10-21)17(2)29(16)30-18(3)27-23-12-8-7-11-22(23)25(30)32/h7-8,11-14,21H,4-6,9-10H2,1-3H3,(H,28,31). The number of carbonyl (C=O) groups is 1. The summed E-state index contributed by atoms with van der Waals surface area (Å²) in [7, 11) is 0. The van der Waals surface area contributed by atoms with Gasteiger partial charge in [0.1, 0.15) is 17.5 Å². The van der Waals surface area contributed by atoms with Gasteiger partial charge in [0, 0.05) is 17.4 Å². The van der Waals surface area contributed by atoms with E-state index in [4.69, 9.17) is 0 Å². The highest BCUT2D eigenvalue weighted by molar-refractivity contribution is 6.02. The lowest BCUT2D eigenvalue weighted by Crippen LogP contribution is -2.36. The molecule has 7 heteroatoms. The predicted molar refractivity (Wildman–Crippen MR) is 124 cm³/mol. The molecular weight excluding hydrogens is 402 g/mol. The van der Waals surface area contributed by atoms with Crippen LogP contribution in [0.4, 0.5) is 0 Å². The number of fused-ring (bicyclic) bond motifs is 1. The zero-order chi connectivity index (χ0) is 22.8. The first-order valence-electron chi connectivity index (χ1n) is 11.0. The summed E-state index contributed by atoms with van der Waals surface area (Å²) in [6.07, 6.45) is 6.91. The van der Waals surface area contributed by atoms with E-state index >= 15 is 0 Å². The van der Waals surface area contributed by atoms with E-state index in [0.29, 0.717) is 16.7 Å². The van der Waals surface area contributed by atoms with Crippen LogP contribution in [0, 0.1) is 32.1 Å². The third kappa shape index (κ3) is 3.96. The number of nitriles is 1. The summed E-state index contributed by atoms with van der Waals surface area (Å²) >= 11 is 0. The lowest BCUT2D eigenvalue weighted by molar-refractivity contribution is -0.117. The second-order valence-corrected chi connectivity index (χ2v) is 8.41. The molecule has 1 amide bonds. The molecule has 7 nitrogen and oxygen atoms in total. The van der Waals surface area contributed by atoms with Crippen LogP contribution in [0.25, 0.3) is 17.0 Å². The van der Waals surface area contributed by atoms with Gasteiger partial charge in [-0.3, -0.25) is 14.3 Å². The van der Waals surface area contributed by atoms with E-state index in [2.05, 4.69) is 10.3 Å². The van der Waals surface area contributed by atoms with E-state index < -0.39 is 0 Å². The number of aromatic nitrogens is 3. The molecule has 3 aromatic rings. The van der Waals surface area contributed by atoms with Gasteiger partial charge >= 0.3 is 0 Å². The highest BCUT2D eigenvalue weighted by atomic mass is 16.2. The Morgan fingerprint density at radius 2 is 1.88 bits per heavy atom. The zero-order valence-electron chi connectivity index (χ0n) is 18.7. The van der Waals surface area contributed by atoms with E-state index in [0.717, 1.165) is 42.6 Å². The Labute approximate surface area is 187 Å². The van der Waals surface area contributed by atoms with Crippen molar-refractivity contribution in [1.82, 2.24) is 19.7 Å². The number of nitrogens with zero attached hydrogens (tertiary/aromatic N) is 4. The third-order valence-electron chi connectivity index (χ3n) is 6.15. The molecule has 0 radical (unpaired) electrons. The molecule has 1 N–H and O–H groups in total. The fraction of sp³-hybridized carbons (Fsp3) is 0.360. The molecular formula is C25H27N5O2. The maximum atomic E-state index is 13.2. The van der Waals surface area contributed by atoms with Crippen LogP contribution in [0.5, 0.6) is 0 Å². The van der Waals surface area contributed by atoms with E-state index in [9.17, 15) is 14.9 Å². The summed E-state index contributed by atoms with van der Waals surface area (Å²) in [5.41, 5.74) is 2.83. The Hall–Kier alpha value is -3.66. The number of aryl methyl sites for hydroxylation is 2. The lowest BCUT2D eigenvalue weighted by Gasteiger charge is -2.22. The number of rotatable bonds is 4. The summed E-state index contributed by atoms with van der Waals surface area (Å²) in [6, 6.07) is 11.3. The van der Waals surface area contributed by atoms with Crippen LogP contribution < -0.4 is 10.9 Å². The number of para-hydroxylation sites is 1. The largest absolute Gasteiger partial charge is 0.349 e. The Balaban J connectivity index is 1.73. The molecule has 1 aliphatic rings. The van der Waals surface area contributed by atoms with Crippen molar-refractivity contribution in [3.63, 3.8) is 0 Å². The van der Waals surface area contributed by atoms with Crippen molar-refractivity contribution in [3.8, 4) is 6.07 Å². The minimum atomic E-state index is -0.343. The average molecular weight is 430 g/mol. The molecule has 0 atom stereocenters. The van der Waals surface area contributed by atoms with E-state index in [1.165, 1.54) is 6.42 Å². The molecule has 4 rings (SSSR count). The molecule has 0 bridgehead atoms. The van der Waals surface area contributed by atoms with Gasteiger partial charge in [-0.1, -0.05) is 31.4 Å². The van der Waals surface area contributed by atoms with Crippen molar-refractivity contribution in [2.75, 3.05) is 0 Å². The second kappa shape index (κ2) is 8.83. The minimum Gasteiger partial charge on any atom is -0.349 e. The molecule has 1 aliphatic carbocycles. The highest BCUT2D eigenvalue weighted by Crippen LogP contribution is 2.21. The molecule has 1 saturated carbocycles. The first-order valence-corrected chi connectivity index (χ1v) is 11.0. The van der Waals surface area contributed by atoms with Crippen LogP contribution in [-0.4, -0.2) is 26.3 Å². The van der Waals surface area contributed by atoms with Crippen molar-refractivity contribution in [2.45, 2.75) is 58.9 Å². The summed E-state index contributed by atoms with van der Waals surface area (Å²) in [6.45, 7) is 5.55. The van der Waals surface area contributed by atoms with Crippen molar-refractivity contribution < 1.29 is 4.79 Å². The van der Waals surface area contributed by atoms with Gasteiger partial charge in [0.05, 0.1) is 10.9 Å². The number of benzene rings is 1. The molecule has 0 spiro atoms. The summed E-state index contributed by atoms with van der Waals surface area (Å²) in [5.74, 6) is 0.214. The molecule has 1 fully saturated rings. The summed E-state index contributed by atoms with van der Waals surface area (Å²) < 4.78 is 3.33. The fourth-order valence-electron chi connectivity index (χ4n) is 4.52. The Morgan fingerprint density at radius 3 is 2.59 bits per heavy atom. The van der Waals surface area contributed by atoms with Gasteiger partial charge in [-0.25, -0.2) is 4.98 Å². The van der Waals surface area contributed by atoms with Gasteiger partial charge in [0.2, 0.25) is 0 Å². The number of hydrogen-bond donors (Lipinski definition) is 1. The third-order valence-corrected chi connectivity index (χ3v) is 6.15. The Kier molecular flexibility index (Phi) is 5.95. The van der Waals surface area contributed by atoms with Crippen LogP contribution in [0.1, 0.15) is 54.9 Å². The molecule has 0 aliphatic heterocycles. The molecule has 164 valence electrons. The Bertz CT molecular complexity index is 1320. The SMILES string of the molecule is Cc1cc(C=C(C#N)C(=O)NC2CCCCC2)c(C)n1-n1c(C)nc2ccccc2c1=O. The summed E-state index contributed by atoms with van der Waals surface area (Å²) in [5, 5.41) is 13.2. The highest BCUT2D eigenvalue weighted by Gasteiger charge is 2.20. The van der Waals surface area contributed by atoms with Gasteiger partial charge in [0.25, 0.3) is 11.5 Å². The molecule has 0 unspecified atom stereocenters. The van der Waals surface area contributed by atoms with E-state index in [1.807, 2.05) is 44.2 Å². The van der Waals surface area contributed by atoms with E-state index in [-0.39, 0.29) is 23.1 Å². The van der Waals surface area contributed by atoms with E-state index in [1.54, 1.807) is 28.4 Å². The molecule has 0 saturated heterocycles. The van der Waals surface area contributed by atoms with Crippen molar-refractivity contribution in [3.05, 3.63) is 69.0 Å². The topological polar surface area (TPSA) is 92.7 Å². The predicted octanol–water partition coefficient (Wildman–Crippen LogP) is 3.79. The van der Waals surface area contributed by atoms with Crippen LogP contribution in [0.15, 0.2) is 40.7 Å². The van der Waals surface area contributed by atoms with Crippen molar-refractivity contribution >= 4 is 22.9 Å². The molecule has 2 heterocycles.